The predicted octanol–water partition coefficient (Wildman–Crippen LogP) is 3.54. The zero-order chi connectivity index (χ0) is 11.6. The Hall–Kier alpha value is -0.540. The van der Waals surface area contributed by atoms with Gasteiger partial charge in [-0.25, -0.2) is 0 Å². The molecule has 0 saturated carbocycles. The van der Waals surface area contributed by atoms with E-state index in [1.807, 2.05) is 6.92 Å². The first-order valence-corrected chi connectivity index (χ1v) is 5.79. The molecule has 0 aliphatic carbocycles. The lowest BCUT2D eigenvalue weighted by molar-refractivity contribution is -0.128. The average Bonchev–Trinajstić information content (AvgIpc) is 2.18. The van der Waals surface area contributed by atoms with E-state index in [4.69, 9.17) is 11.6 Å². The van der Waals surface area contributed by atoms with Crippen molar-refractivity contribution in [3.63, 3.8) is 0 Å². The first-order chi connectivity index (χ1) is 6.93. The largest absolute Gasteiger partial charge is 0.315 e. The second-order valence-corrected chi connectivity index (χ2v) is 4.88. The van der Waals surface area contributed by atoms with Gasteiger partial charge in [-0.3, -0.25) is 4.79 Å². The summed E-state index contributed by atoms with van der Waals surface area (Å²) in [5.74, 6) is 0.122. The van der Waals surface area contributed by atoms with E-state index >= 15 is 0 Å². The molecule has 1 aliphatic heterocycles. The number of carbonyl (C=O) groups excluding carboxylic acids is 1. The van der Waals surface area contributed by atoms with E-state index < -0.39 is 0 Å². The molecule has 15 heavy (non-hydrogen) atoms. The van der Waals surface area contributed by atoms with Gasteiger partial charge in [0.15, 0.2) is 0 Å². The van der Waals surface area contributed by atoms with Crippen molar-refractivity contribution in [2.24, 2.45) is 0 Å². The van der Waals surface area contributed by atoms with Gasteiger partial charge in [0.1, 0.15) is 0 Å². The summed E-state index contributed by atoms with van der Waals surface area (Å²) >= 11 is 9.17. The lowest BCUT2D eigenvalue weighted by atomic mass is 10.0. The van der Waals surface area contributed by atoms with Crippen LogP contribution in [0.5, 0.6) is 0 Å². The molecule has 0 N–H and O–H groups in total. The molecule has 0 atom stereocenters. The Morgan fingerprint density at radius 1 is 1.60 bits per heavy atom. The Kier molecular flexibility index (Phi) is 4.17. The van der Waals surface area contributed by atoms with Crippen LogP contribution in [0.4, 0.5) is 0 Å². The molecule has 82 valence electrons. The number of carbonyl (C=O) groups is 1. The number of allylic oxidation sites excluding steroid dienone is 4. The standard InChI is InChI=1S/C11H13BrClNO/c1-7-4-5-11(15)14(3)10(7)6-9(13)8(2)12/h6H,2,4-5H2,1,3H3/b9-6+. The molecule has 0 bridgehead atoms. The Labute approximate surface area is 103 Å². The van der Waals surface area contributed by atoms with E-state index in [9.17, 15) is 4.79 Å². The van der Waals surface area contributed by atoms with Crippen LogP contribution in [0.25, 0.3) is 0 Å². The second kappa shape index (κ2) is 4.99. The minimum absolute atomic E-state index is 0.122. The highest BCUT2D eigenvalue weighted by molar-refractivity contribution is 9.12. The minimum atomic E-state index is 0.122. The molecule has 0 unspecified atom stereocenters. The van der Waals surface area contributed by atoms with Gasteiger partial charge in [0.25, 0.3) is 0 Å². The van der Waals surface area contributed by atoms with Crippen LogP contribution in [0.3, 0.4) is 0 Å². The summed E-state index contributed by atoms with van der Waals surface area (Å²) in [5.41, 5.74) is 2.04. The van der Waals surface area contributed by atoms with E-state index in [0.29, 0.717) is 15.9 Å². The number of hydrogen-bond acceptors (Lipinski definition) is 1. The van der Waals surface area contributed by atoms with Crippen LogP contribution in [0.1, 0.15) is 19.8 Å². The first-order valence-electron chi connectivity index (χ1n) is 4.61. The number of likely N-dealkylation sites (N-methyl/N-ethyl adjacent to an activating group) is 1. The summed E-state index contributed by atoms with van der Waals surface area (Å²) in [5, 5.41) is 0.519. The van der Waals surface area contributed by atoms with Gasteiger partial charge in [-0.1, -0.05) is 18.2 Å². The van der Waals surface area contributed by atoms with Crippen molar-refractivity contribution in [1.29, 1.82) is 0 Å². The van der Waals surface area contributed by atoms with Crippen molar-refractivity contribution in [1.82, 2.24) is 4.90 Å². The van der Waals surface area contributed by atoms with E-state index in [-0.39, 0.29) is 5.91 Å². The van der Waals surface area contributed by atoms with Crippen LogP contribution in [0.15, 0.2) is 33.4 Å². The van der Waals surface area contributed by atoms with Crippen molar-refractivity contribution < 1.29 is 4.79 Å². The van der Waals surface area contributed by atoms with Crippen LogP contribution < -0.4 is 0 Å². The Bertz CT molecular complexity index is 371. The van der Waals surface area contributed by atoms with Gasteiger partial charge in [-0.2, -0.15) is 0 Å². The van der Waals surface area contributed by atoms with Gasteiger partial charge in [-0.05, 0) is 40.9 Å². The number of halogens is 2. The Balaban J connectivity index is 3.06. The monoisotopic (exact) mass is 289 g/mol. The zero-order valence-electron chi connectivity index (χ0n) is 8.81. The van der Waals surface area contributed by atoms with E-state index in [2.05, 4.69) is 22.5 Å². The highest BCUT2D eigenvalue weighted by Crippen LogP contribution is 2.27. The van der Waals surface area contributed by atoms with Gasteiger partial charge >= 0.3 is 0 Å². The molecule has 4 heteroatoms. The molecular formula is C11H13BrClNO. The van der Waals surface area contributed by atoms with Crippen molar-refractivity contribution in [2.45, 2.75) is 19.8 Å². The van der Waals surface area contributed by atoms with E-state index in [1.165, 1.54) is 5.57 Å². The Morgan fingerprint density at radius 2 is 2.20 bits per heavy atom. The average molecular weight is 291 g/mol. The Morgan fingerprint density at radius 3 is 2.73 bits per heavy atom. The molecule has 2 nitrogen and oxygen atoms in total. The van der Waals surface area contributed by atoms with E-state index in [0.717, 1.165) is 12.1 Å². The molecule has 0 aromatic carbocycles. The predicted molar refractivity (Wildman–Crippen MR) is 66.7 cm³/mol. The SMILES string of the molecule is C=C(Br)/C(Cl)=C\C1=C(C)CCC(=O)N1C. The summed E-state index contributed by atoms with van der Waals surface area (Å²) in [6.45, 7) is 5.69. The van der Waals surface area contributed by atoms with Crippen molar-refractivity contribution in [2.75, 3.05) is 7.05 Å². The molecule has 1 aliphatic rings. The molecule has 0 fully saturated rings. The second-order valence-electron chi connectivity index (χ2n) is 3.52. The summed E-state index contributed by atoms with van der Waals surface area (Å²) in [6, 6.07) is 0. The summed E-state index contributed by atoms with van der Waals surface area (Å²) in [4.78, 5) is 13.1. The summed E-state index contributed by atoms with van der Waals surface area (Å²) in [6.07, 6.45) is 3.14. The highest BCUT2D eigenvalue weighted by Gasteiger charge is 2.20. The lowest BCUT2D eigenvalue weighted by Crippen LogP contribution is -2.29. The molecule has 0 radical (unpaired) electrons. The van der Waals surface area contributed by atoms with Crippen LogP contribution in [-0.2, 0) is 4.79 Å². The fourth-order valence-corrected chi connectivity index (χ4v) is 1.65. The molecule has 1 rings (SSSR count). The topological polar surface area (TPSA) is 20.3 Å². The molecular weight excluding hydrogens is 277 g/mol. The first kappa shape index (κ1) is 12.5. The smallest absolute Gasteiger partial charge is 0.227 e. The lowest BCUT2D eigenvalue weighted by Gasteiger charge is -2.26. The molecule has 0 aromatic heterocycles. The van der Waals surface area contributed by atoms with Gasteiger partial charge < -0.3 is 4.90 Å². The maximum atomic E-state index is 11.5. The van der Waals surface area contributed by atoms with Crippen LogP contribution in [-0.4, -0.2) is 17.9 Å². The van der Waals surface area contributed by atoms with Gasteiger partial charge in [0.05, 0.1) is 5.03 Å². The number of hydrogen-bond donors (Lipinski definition) is 0. The van der Waals surface area contributed by atoms with E-state index in [1.54, 1.807) is 18.0 Å². The third kappa shape index (κ3) is 2.95. The number of nitrogens with zero attached hydrogens (tertiary/aromatic N) is 1. The zero-order valence-corrected chi connectivity index (χ0v) is 11.2. The third-order valence-electron chi connectivity index (χ3n) is 2.41. The molecule has 0 aromatic rings. The van der Waals surface area contributed by atoms with Crippen molar-refractivity contribution >= 4 is 33.4 Å². The minimum Gasteiger partial charge on any atom is -0.315 e. The van der Waals surface area contributed by atoms with Gasteiger partial charge in [-0.15, -0.1) is 0 Å². The van der Waals surface area contributed by atoms with Crippen LogP contribution in [0, 0.1) is 0 Å². The summed E-state index contributed by atoms with van der Waals surface area (Å²) in [7, 11) is 1.76. The van der Waals surface area contributed by atoms with Gasteiger partial charge in [0, 0.05) is 23.6 Å². The van der Waals surface area contributed by atoms with Crippen LogP contribution in [0.2, 0.25) is 0 Å². The number of rotatable bonds is 2. The molecule has 1 heterocycles. The van der Waals surface area contributed by atoms with Gasteiger partial charge in [0.2, 0.25) is 5.91 Å². The van der Waals surface area contributed by atoms with Crippen molar-refractivity contribution in [3.05, 3.63) is 33.4 Å². The number of amides is 1. The van der Waals surface area contributed by atoms with Crippen LogP contribution >= 0.6 is 27.5 Å². The maximum absolute atomic E-state index is 11.5. The fourth-order valence-electron chi connectivity index (χ4n) is 1.43. The molecule has 0 saturated heterocycles. The molecule has 1 amide bonds. The normalized spacial score (nSPS) is 18.5. The fraction of sp³-hybridized carbons (Fsp3) is 0.364. The quantitative estimate of drug-likeness (QED) is 0.712. The third-order valence-corrected chi connectivity index (χ3v) is 3.40. The highest BCUT2D eigenvalue weighted by atomic mass is 79.9. The maximum Gasteiger partial charge on any atom is 0.227 e. The van der Waals surface area contributed by atoms with Crippen molar-refractivity contribution in [3.8, 4) is 0 Å². The molecule has 0 spiro atoms. The summed E-state index contributed by atoms with van der Waals surface area (Å²) < 4.78 is 0.621.